The number of aryl methyl sites for hydroxylation is 1. The van der Waals surface area contributed by atoms with Crippen molar-refractivity contribution >= 4 is 17.5 Å². The lowest BCUT2D eigenvalue weighted by Gasteiger charge is -2.34. The zero-order valence-electron chi connectivity index (χ0n) is 17.3. The van der Waals surface area contributed by atoms with E-state index in [4.69, 9.17) is 4.74 Å². The monoisotopic (exact) mass is 395 g/mol. The summed E-state index contributed by atoms with van der Waals surface area (Å²) in [4.78, 5) is 27.3. The number of nitrogens with zero attached hydrogens (tertiary/aromatic N) is 1. The average Bonchev–Trinajstić information content (AvgIpc) is 2.67. The number of benzene rings is 2. The maximum absolute atomic E-state index is 12.7. The zero-order chi connectivity index (χ0) is 20.8. The van der Waals surface area contributed by atoms with Gasteiger partial charge in [0.05, 0.1) is 30.0 Å². The van der Waals surface area contributed by atoms with Crippen molar-refractivity contribution in [2.45, 2.75) is 39.5 Å². The summed E-state index contributed by atoms with van der Waals surface area (Å²) in [6.07, 6.45) is 0.206. The van der Waals surface area contributed by atoms with Gasteiger partial charge in [0.25, 0.3) is 5.91 Å². The summed E-state index contributed by atoms with van der Waals surface area (Å²) in [5, 5.41) is 5.82. The fourth-order valence-electron chi connectivity index (χ4n) is 3.58. The van der Waals surface area contributed by atoms with E-state index in [9.17, 15) is 9.59 Å². The van der Waals surface area contributed by atoms with E-state index in [-0.39, 0.29) is 30.6 Å². The first-order chi connectivity index (χ1) is 13.9. The van der Waals surface area contributed by atoms with Gasteiger partial charge in [-0.3, -0.25) is 14.5 Å². The summed E-state index contributed by atoms with van der Waals surface area (Å²) in [5.74, 6) is -0.347. The Morgan fingerprint density at radius 2 is 1.69 bits per heavy atom. The number of carbonyl (C=O) groups excluding carboxylic acids is 2. The lowest BCUT2D eigenvalue weighted by atomic mass is 10.1. The van der Waals surface area contributed by atoms with Crippen LogP contribution in [0.15, 0.2) is 48.5 Å². The number of hydrogen-bond acceptors (Lipinski definition) is 4. The van der Waals surface area contributed by atoms with E-state index in [0.29, 0.717) is 17.8 Å². The number of hydrogen-bond donors (Lipinski definition) is 2. The molecule has 6 nitrogen and oxygen atoms in total. The molecule has 0 radical (unpaired) electrons. The van der Waals surface area contributed by atoms with Gasteiger partial charge in [-0.25, -0.2) is 0 Å². The summed E-state index contributed by atoms with van der Waals surface area (Å²) in [6.45, 7) is 8.19. The summed E-state index contributed by atoms with van der Waals surface area (Å²) in [5.41, 5.74) is 3.18. The van der Waals surface area contributed by atoms with Gasteiger partial charge in [-0.15, -0.1) is 0 Å². The number of amides is 2. The Bertz CT molecular complexity index is 841. The second-order valence-electron chi connectivity index (χ2n) is 7.71. The molecule has 2 aromatic carbocycles. The van der Waals surface area contributed by atoms with Crippen molar-refractivity contribution < 1.29 is 14.3 Å². The number of carbonyl (C=O) groups is 2. The third kappa shape index (κ3) is 6.14. The Hall–Kier alpha value is -2.70. The number of rotatable bonds is 6. The van der Waals surface area contributed by atoms with Crippen LogP contribution in [0.25, 0.3) is 0 Å². The number of para-hydroxylation sites is 1. The van der Waals surface area contributed by atoms with Crippen molar-refractivity contribution in [1.82, 2.24) is 10.2 Å². The topological polar surface area (TPSA) is 70.7 Å². The van der Waals surface area contributed by atoms with E-state index < -0.39 is 0 Å². The van der Waals surface area contributed by atoms with E-state index in [1.165, 1.54) is 5.56 Å². The molecule has 1 saturated heterocycles. The third-order valence-corrected chi connectivity index (χ3v) is 4.88. The van der Waals surface area contributed by atoms with E-state index in [1.54, 1.807) is 18.2 Å². The molecule has 2 N–H and O–H groups in total. The van der Waals surface area contributed by atoms with Crippen LogP contribution < -0.4 is 10.6 Å². The third-order valence-electron chi connectivity index (χ3n) is 4.88. The maximum Gasteiger partial charge on any atom is 0.253 e. The molecule has 0 bridgehead atoms. The van der Waals surface area contributed by atoms with E-state index in [0.717, 1.165) is 18.7 Å². The van der Waals surface area contributed by atoms with Crippen molar-refractivity contribution in [3.63, 3.8) is 0 Å². The van der Waals surface area contributed by atoms with Crippen molar-refractivity contribution in [1.29, 1.82) is 0 Å². The van der Waals surface area contributed by atoms with Gasteiger partial charge in [-0.1, -0.05) is 42.0 Å². The molecule has 1 aliphatic rings. The molecule has 1 heterocycles. The number of anilines is 1. The second kappa shape index (κ2) is 9.67. The van der Waals surface area contributed by atoms with Gasteiger partial charge >= 0.3 is 0 Å². The van der Waals surface area contributed by atoms with Gasteiger partial charge < -0.3 is 15.4 Å². The highest BCUT2D eigenvalue weighted by atomic mass is 16.5. The Kier molecular flexibility index (Phi) is 7.01. The fourth-order valence-corrected chi connectivity index (χ4v) is 3.58. The second-order valence-corrected chi connectivity index (χ2v) is 7.71. The molecule has 0 saturated carbocycles. The van der Waals surface area contributed by atoms with Crippen LogP contribution in [-0.2, 0) is 16.1 Å². The lowest BCUT2D eigenvalue weighted by molar-refractivity contribution is -0.121. The average molecular weight is 396 g/mol. The Balaban J connectivity index is 1.59. The molecule has 0 unspecified atom stereocenters. The van der Waals surface area contributed by atoms with E-state index >= 15 is 0 Å². The molecule has 0 aromatic heterocycles. The van der Waals surface area contributed by atoms with Crippen LogP contribution in [0.1, 0.15) is 35.3 Å². The number of ether oxygens (including phenoxy) is 1. The van der Waals surface area contributed by atoms with Gasteiger partial charge in [0.15, 0.2) is 0 Å². The van der Waals surface area contributed by atoms with Gasteiger partial charge in [0, 0.05) is 19.6 Å². The minimum atomic E-state index is -0.213. The van der Waals surface area contributed by atoms with Crippen LogP contribution >= 0.6 is 0 Å². The van der Waals surface area contributed by atoms with E-state index in [1.807, 2.05) is 51.1 Å². The van der Waals surface area contributed by atoms with Crippen LogP contribution in [-0.4, -0.2) is 48.6 Å². The molecule has 2 atom stereocenters. The van der Waals surface area contributed by atoms with Crippen LogP contribution in [0, 0.1) is 6.92 Å². The summed E-state index contributed by atoms with van der Waals surface area (Å²) in [7, 11) is 0. The highest BCUT2D eigenvalue weighted by Crippen LogP contribution is 2.16. The van der Waals surface area contributed by atoms with Crippen LogP contribution in [0.4, 0.5) is 5.69 Å². The van der Waals surface area contributed by atoms with Gasteiger partial charge in [-0.05, 0) is 38.5 Å². The quantitative estimate of drug-likeness (QED) is 0.789. The summed E-state index contributed by atoms with van der Waals surface area (Å²) >= 11 is 0. The van der Waals surface area contributed by atoms with Crippen LogP contribution in [0.3, 0.4) is 0 Å². The maximum atomic E-state index is 12.7. The SMILES string of the molecule is Cc1ccc(CNC(=O)c2ccccc2NC(=O)CN2C[C@@H](C)O[C@@H](C)C2)cc1. The molecule has 0 spiro atoms. The Labute approximate surface area is 172 Å². The molecule has 6 heteroatoms. The highest BCUT2D eigenvalue weighted by Gasteiger charge is 2.24. The summed E-state index contributed by atoms with van der Waals surface area (Å²) < 4.78 is 5.71. The summed E-state index contributed by atoms with van der Waals surface area (Å²) in [6, 6.07) is 15.1. The molecule has 0 aliphatic carbocycles. The largest absolute Gasteiger partial charge is 0.373 e. The van der Waals surface area contributed by atoms with Crippen molar-refractivity contribution in [2.24, 2.45) is 0 Å². The van der Waals surface area contributed by atoms with E-state index in [2.05, 4.69) is 15.5 Å². The number of morpholine rings is 1. The highest BCUT2D eigenvalue weighted by molar-refractivity contribution is 6.04. The minimum absolute atomic E-state index is 0.103. The molecule has 29 heavy (non-hydrogen) atoms. The normalized spacial score (nSPS) is 19.6. The molecular weight excluding hydrogens is 366 g/mol. The first kappa shape index (κ1) is 21.0. The standard InChI is InChI=1S/C23H29N3O3/c1-16-8-10-19(11-9-16)12-24-23(28)20-6-4-5-7-21(20)25-22(27)15-26-13-17(2)29-18(3)14-26/h4-11,17-18H,12-15H2,1-3H3,(H,24,28)(H,25,27)/t17-,18+. The molecular formula is C23H29N3O3. The first-order valence-corrected chi connectivity index (χ1v) is 10.0. The zero-order valence-corrected chi connectivity index (χ0v) is 17.3. The van der Waals surface area contributed by atoms with Crippen molar-refractivity contribution in [3.8, 4) is 0 Å². The minimum Gasteiger partial charge on any atom is -0.373 e. The van der Waals surface area contributed by atoms with Gasteiger partial charge in [0.1, 0.15) is 0 Å². The Morgan fingerprint density at radius 3 is 2.38 bits per heavy atom. The molecule has 1 fully saturated rings. The first-order valence-electron chi connectivity index (χ1n) is 10.0. The van der Waals surface area contributed by atoms with Crippen molar-refractivity contribution in [2.75, 3.05) is 25.0 Å². The molecule has 3 rings (SSSR count). The smallest absolute Gasteiger partial charge is 0.253 e. The lowest BCUT2D eigenvalue weighted by Crippen LogP contribution is -2.48. The molecule has 1 aliphatic heterocycles. The predicted octanol–water partition coefficient (Wildman–Crippen LogP) is 2.97. The van der Waals surface area contributed by atoms with Gasteiger partial charge in [0.2, 0.25) is 5.91 Å². The predicted molar refractivity (Wildman–Crippen MR) is 114 cm³/mol. The molecule has 2 amide bonds. The van der Waals surface area contributed by atoms with Crippen molar-refractivity contribution in [3.05, 3.63) is 65.2 Å². The van der Waals surface area contributed by atoms with Gasteiger partial charge in [-0.2, -0.15) is 0 Å². The fraction of sp³-hybridized carbons (Fsp3) is 0.391. The number of nitrogens with one attached hydrogen (secondary N) is 2. The van der Waals surface area contributed by atoms with Crippen LogP contribution in [0.5, 0.6) is 0 Å². The van der Waals surface area contributed by atoms with Crippen LogP contribution in [0.2, 0.25) is 0 Å². The molecule has 154 valence electrons. The Morgan fingerprint density at radius 1 is 1.03 bits per heavy atom. The molecule has 2 aromatic rings.